The lowest BCUT2D eigenvalue weighted by Crippen LogP contribution is -2.14. The van der Waals surface area contributed by atoms with E-state index in [9.17, 15) is 4.79 Å². The van der Waals surface area contributed by atoms with Crippen LogP contribution in [-0.4, -0.2) is 22.4 Å². The number of thiophene rings is 1. The number of aromatic nitrogens is 2. The Balaban J connectivity index is 1.66. The molecular formula is C16H15N3O2S2. The lowest BCUT2D eigenvalue weighted by Gasteiger charge is -2.04. The number of hydrogen-bond acceptors (Lipinski definition) is 6. The molecule has 3 rings (SSSR count). The van der Waals surface area contributed by atoms with Crippen LogP contribution >= 0.6 is 23.1 Å². The number of carbonyl (C=O) groups is 1. The van der Waals surface area contributed by atoms with Gasteiger partial charge < -0.3 is 9.73 Å². The number of rotatable bonds is 5. The van der Waals surface area contributed by atoms with Crippen LogP contribution < -0.4 is 5.32 Å². The summed E-state index contributed by atoms with van der Waals surface area (Å²) in [5.74, 6) is 0.595. The maximum absolute atomic E-state index is 12.1. The molecule has 0 aliphatic rings. The molecule has 0 radical (unpaired) electrons. The highest BCUT2D eigenvalue weighted by molar-refractivity contribution is 7.98. The van der Waals surface area contributed by atoms with E-state index in [0.717, 1.165) is 21.0 Å². The highest BCUT2D eigenvalue weighted by atomic mass is 32.2. The largest absolute Gasteiger partial charge is 0.419 e. The number of nitrogens with zero attached hydrogens (tertiary/aromatic N) is 2. The number of thioether (sulfide) groups is 1. The number of amides is 1. The Labute approximate surface area is 142 Å². The number of nitrogens with one attached hydrogen (secondary N) is 1. The first-order valence-corrected chi connectivity index (χ1v) is 9.07. The second-order valence-electron chi connectivity index (χ2n) is 4.89. The highest BCUT2D eigenvalue weighted by Gasteiger charge is 2.14. The van der Waals surface area contributed by atoms with E-state index >= 15 is 0 Å². The Kier molecular flexibility index (Phi) is 4.78. The third-order valence-electron chi connectivity index (χ3n) is 3.19. The monoisotopic (exact) mass is 345 g/mol. The third-order valence-corrected chi connectivity index (χ3v) is 4.92. The zero-order valence-corrected chi connectivity index (χ0v) is 14.3. The fourth-order valence-corrected chi connectivity index (χ4v) is 3.36. The van der Waals surface area contributed by atoms with E-state index in [1.807, 2.05) is 48.9 Å². The number of hydrogen-bond donors (Lipinski definition) is 1. The molecule has 0 spiro atoms. The SMILES string of the molecule is CSc1cccc(NC(=O)Cc2nnc(-c3sccc3C)o2)c1. The smallest absolute Gasteiger partial charge is 0.258 e. The molecule has 0 saturated heterocycles. The first-order valence-electron chi connectivity index (χ1n) is 6.96. The Morgan fingerprint density at radius 3 is 2.96 bits per heavy atom. The van der Waals surface area contributed by atoms with Crippen LogP contribution in [0.25, 0.3) is 10.8 Å². The van der Waals surface area contributed by atoms with Gasteiger partial charge >= 0.3 is 0 Å². The second-order valence-corrected chi connectivity index (χ2v) is 6.69. The number of aryl methyl sites for hydroxylation is 1. The minimum Gasteiger partial charge on any atom is -0.419 e. The van der Waals surface area contributed by atoms with Gasteiger partial charge in [-0.2, -0.15) is 0 Å². The second kappa shape index (κ2) is 6.97. The maximum Gasteiger partial charge on any atom is 0.258 e. The molecule has 5 nitrogen and oxygen atoms in total. The van der Waals surface area contributed by atoms with E-state index in [4.69, 9.17) is 4.42 Å². The molecule has 0 aliphatic heterocycles. The van der Waals surface area contributed by atoms with Crippen molar-refractivity contribution < 1.29 is 9.21 Å². The molecule has 118 valence electrons. The molecule has 0 unspecified atom stereocenters. The molecular weight excluding hydrogens is 330 g/mol. The minimum atomic E-state index is -0.179. The minimum absolute atomic E-state index is 0.0565. The van der Waals surface area contributed by atoms with Crippen molar-refractivity contribution in [2.24, 2.45) is 0 Å². The van der Waals surface area contributed by atoms with Crippen LogP contribution in [0.1, 0.15) is 11.5 Å². The lowest BCUT2D eigenvalue weighted by molar-refractivity contribution is -0.115. The zero-order valence-electron chi connectivity index (χ0n) is 12.7. The van der Waals surface area contributed by atoms with Crippen molar-refractivity contribution >= 4 is 34.7 Å². The predicted octanol–water partition coefficient (Wildman–Crippen LogP) is 4.01. The number of benzene rings is 1. The Morgan fingerprint density at radius 1 is 1.35 bits per heavy atom. The molecule has 2 aromatic heterocycles. The van der Waals surface area contributed by atoms with Gasteiger partial charge in [0.05, 0.1) is 4.88 Å². The van der Waals surface area contributed by atoms with Crippen molar-refractivity contribution in [3.8, 4) is 10.8 Å². The molecule has 1 amide bonds. The summed E-state index contributed by atoms with van der Waals surface area (Å²) in [5, 5.41) is 12.8. The van der Waals surface area contributed by atoms with Crippen LogP contribution in [0.4, 0.5) is 5.69 Å². The molecule has 0 bridgehead atoms. The van der Waals surface area contributed by atoms with Crippen molar-refractivity contribution in [2.75, 3.05) is 11.6 Å². The van der Waals surface area contributed by atoms with Gasteiger partial charge in [0.1, 0.15) is 6.42 Å². The standard InChI is InChI=1S/C16H15N3O2S2/c1-10-6-7-23-15(10)16-19-18-14(21-16)9-13(20)17-11-4-3-5-12(8-11)22-2/h3-8H,9H2,1-2H3,(H,17,20). The first kappa shape index (κ1) is 15.8. The molecule has 0 fully saturated rings. The fraction of sp³-hybridized carbons (Fsp3) is 0.188. The van der Waals surface area contributed by atoms with Gasteiger partial charge in [-0.3, -0.25) is 4.79 Å². The van der Waals surface area contributed by atoms with Crippen molar-refractivity contribution in [2.45, 2.75) is 18.2 Å². The van der Waals surface area contributed by atoms with Crippen LogP contribution in [0, 0.1) is 6.92 Å². The Hall–Kier alpha value is -2.12. The summed E-state index contributed by atoms with van der Waals surface area (Å²) in [6.07, 6.45) is 2.05. The van der Waals surface area contributed by atoms with Gasteiger partial charge in [-0.05, 0) is 48.4 Å². The van der Waals surface area contributed by atoms with Gasteiger partial charge in [-0.25, -0.2) is 0 Å². The summed E-state index contributed by atoms with van der Waals surface area (Å²) in [6, 6.07) is 9.68. The summed E-state index contributed by atoms with van der Waals surface area (Å²) >= 11 is 3.17. The summed E-state index contributed by atoms with van der Waals surface area (Å²) < 4.78 is 5.59. The molecule has 0 saturated carbocycles. The van der Waals surface area contributed by atoms with Crippen molar-refractivity contribution in [1.82, 2.24) is 10.2 Å². The Bertz CT molecular complexity index is 826. The Morgan fingerprint density at radius 2 is 2.22 bits per heavy atom. The molecule has 0 atom stereocenters. The lowest BCUT2D eigenvalue weighted by atomic mass is 10.3. The van der Waals surface area contributed by atoms with Crippen molar-refractivity contribution in [1.29, 1.82) is 0 Å². The highest BCUT2D eigenvalue weighted by Crippen LogP contribution is 2.27. The number of anilines is 1. The molecule has 1 N–H and O–H groups in total. The molecule has 0 aliphatic carbocycles. The molecule has 3 aromatic rings. The molecule has 7 heteroatoms. The van der Waals surface area contributed by atoms with Gasteiger partial charge in [0, 0.05) is 10.6 Å². The topological polar surface area (TPSA) is 68.0 Å². The zero-order chi connectivity index (χ0) is 16.2. The van der Waals surface area contributed by atoms with Crippen molar-refractivity contribution in [3.05, 3.63) is 47.2 Å². The van der Waals surface area contributed by atoms with Crippen molar-refractivity contribution in [3.63, 3.8) is 0 Å². The average Bonchev–Trinajstić information content (AvgIpc) is 3.16. The summed E-state index contributed by atoms with van der Waals surface area (Å²) in [6.45, 7) is 1.99. The molecule has 2 heterocycles. The summed E-state index contributed by atoms with van der Waals surface area (Å²) in [7, 11) is 0. The van der Waals surface area contributed by atoms with Crippen LogP contribution in [0.5, 0.6) is 0 Å². The fourth-order valence-electron chi connectivity index (χ4n) is 2.05. The normalized spacial score (nSPS) is 10.7. The van der Waals surface area contributed by atoms with E-state index in [2.05, 4.69) is 15.5 Å². The van der Waals surface area contributed by atoms with E-state index in [-0.39, 0.29) is 12.3 Å². The van der Waals surface area contributed by atoms with Crippen LogP contribution in [0.15, 0.2) is 45.0 Å². The van der Waals surface area contributed by atoms with Crippen LogP contribution in [-0.2, 0) is 11.2 Å². The quantitative estimate of drug-likeness (QED) is 0.708. The van der Waals surface area contributed by atoms with Gasteiger partial charge in [0.2, 0.25) is 11.8 Å². The van der Waals surface area contributed by atoms with Crippen LogP contribution in [0.2, 0.25) is 0 Å². The van der Waals surface area contributed by atoms with E-state index in [0.29, 0.717) is 11.8 Å². The van der Waals surface area contributed by atoms with Gasteiger partial charge in [-0.15, -0.1) is 33.3 Å². The predicted molar refractivity (Wildman–Crippen MR) is 92.9 cm³/mol. The number of carbonyl (C=O) groups excluding carboxylic acids is 1. The third kappa shape index (κ3) is 3.80. The summed E-state index contributed by atoms with van der Waals surface area (Å²) in [5.41, 5.74) is 1.85. The van der Waals surface area contributed by atoms with Gasteiger partial charge in [0.25, 0.3) is 5.89 Å². The summed E-state index contributed by atoms with van der Waals surface area (Å²) in [4.78, 5) is 14.1. The van der Waals surface area contributed by atoms with Gasteiger partial charge in [-0.1, -0.05) is 6.07 Å². The van der Waals surface area contributed by atoms with E-state index in [1.54, 1.807) is 23.1 Å². The maximum atomic E-state index is 12.1. The van der Waals surface area contributed by atoms with Gasteiger partial charge in [0.15, 0.2) is 0 Å². The first-order chi connectivity index (χ1) is 11.2. The molecule has 1 aromatic carbocycles. The van der Waals surface area contributed by atoms with E-state index < -0.39 is 0 Å². The average molecular weight is 345 g/mol. The van der Waals surface area contributed by atoms with Crippen LogP contribution in [0.3, 0.4) is 0 Å². The molecule has 23 heavy (non-hydrogen) atoms. The van der Waals surface area contributed by atoms with E-state index in [1.165, 1.54) is 0 Å².